The Morgan fingerprint density at radius 2 is 1.83 bits per heavy atom. The molecule has 0 amide bonds. The number of aryl methyl sites for hydroxylation is 1. The van der Waals surface area contributed by atoms with Gasteiger partial charge in [-0.05, 0) is 18.6 Å². The Balaban J connectivity index is 3.23. The molecule has 0 spiro atoms. The Labute approximate surface area is 72.4 Å². The van der Waals surface area contributed by atoms with Crippen molar-refractivity contribution >= 4 is 17.3 Å². The molecule has 0 saturated carbocycles. The van der Waals surface area contributed by atoms with Crippen molar-refractivity contribution in [3.05, 3.63) is 28.8 Å². The first-order chi connectivity index (χ1) is 5.41. The molecule has 0 heterocycles. The van der Waals surface area contributed by atoms with Crippen LogP contribution in [0.15, 0.2) is 18.2 Å². The third kappa shape index (κ3) is 1.89. The zero-order chi connectivity index (χ0) is 9.35. The van der Waals surface area contributed by atoms with Gasteiger partial charge in [0.1, 0.15) is 5.02 Å². The topological polar surface area (TPSA) is 0 Å². The molecule has 0 radical (unpaired) electrons. The van der Waals surface area contributed by atoms with Crippen molar-refractivity contribution in [2.24, 2.45) is 0 Å². The van der Waals surface area contributed by atoms with E-state index in [9.17, 15) is 13.4 Å². The molecule has 0 unspecified atom stereocenters. The molecule has 1 aromatic carbocycles. The van der Waals surface area contributed by atoms with E-state index in [1.165, 1.54) is 12.1 Å². The van der Waals surface area contributed by atoms with E-state index in [0.717, 1.165) is 6.07 Å². The summed E-state index contributed by atoms with van der Waals surface area (Å²) < 4.78 is 36.2. The van der Waals surface area contributed by atoms with Gasteiger partial charge in [-0.3, -0.25) is 0 Å². The zero-order valence-electron chi connectivity index (χ0n) is 6.19. The number of hydrogen-bond acceptors (Lipinski definition) is 0. The van der Waals surface area contributed by atoms with Crippen molar-refractivity contribution in [3.63, 3.8) is 0 Å². The maximum Gasteiger partial charge on any atom is 0.280 e. The van der Waals surface area contributed by atoms with Gasteiger partial charge in [0.15, 0.2) is 0 Å². The summed E-state index contributed by atoms with van der Waals surface area (Å²) >= 11 is 5.35. The van der Waals surface area contributed by atoms with Gasteiger partial charge in [0.25, 0.3) is 10.8 Å². The summed E-state index contributed by atoms with van der Waals surface area (Å²) in [6.07, 6.45) is 0. The molecule has 1 aromatic rings. The maximum absolute atomic E-state index is 12.1. The van der Waals surface area contributed by atoms with E-state index < -0.39 is 10.8 Å². The van der Waals surface area contributed by atoms with Gasteiger partial charge in [0, 0.05) is 6.07 Å². The highest BCUT2D eigenvalue weighted by atomic mass is 35.5. The van der Waals surface area contributed by atoms with E-state index in [1.54, 1.807) is 6.92 Å². The molecule has 0 aliphatic carbocycles. The fourth-order valence-electron chi connectivity index (χ4n) is 0.817. The lowest BCUT2D eigenvalue weighted by molar-refractivity contribution is -0.278. The molecule has 0 aliphatic heterocycles. The normalized spacial score (nSPS) is 11.8. The molecule has 0 saturated heterocycles. The highest BCUT2D eigenvalue weighted by molar-refractivity contribution is 6.33. The quantitative estimate of drug-likeness (QED) is 0.602. The summed E-state index contributed by atoms with van der Waals surface area (Å²) in [5.74, 6) is 0. The first kappa shape index (κ1) is 9.35. The number of rotatable bonds is 1. The molecule has 0 atom stereocenters. The van der Waals surface area contributed by atoms with Crippen molar-refractivity contribution < 1.29 is 13.4 Å². The summed E-state index contributed by atoms with van der Waals surface area (Å²) in [5.41, 5.74) is -0.304. The SMILES string of the molecule is Cc1ccc(Cl)c([N+](F)(F)F)c1. The molecule has 1 nitrogen and oxygen atoms in total. The molecule has 0 N–H and O–H groups in total. The Morgan fingerprint density at radius 1 is 1.25 bits per heavy atom. The fourth-order valence-corrected chi connectivity index (χ4v) is 1.03. The molecule has 5 heteroatoms. The van der Waals surface area contributed by atoms with Gasteiger partial charge >= 0.3 is 0 Å². The van der Waals surface area contributed by atoms with E-state index in [1.807, 2.05) is 0 Å². The van der Waals surface area contributed by atoms with Crippen LogP contribution in [-0.4, -0.2) is 0 Å². The van der Waals surface area contributed by atoms with Crippen LogP contribution in [0.1, 0.15) is 5.56 Å². The maximum atomic E-state index is 12.1. The monoisotopic (exact) mass is 196 g/mol. The Bertz CT molecular complexity index is 295. The first-order valence-electron chi connectivity index (χ1n) is 3.16. The second kappa shape index (κ2) is 2.95. The zero-order valence-corrected chi connectivity index (χ0v) is 6.95. The molecule has 0 aliphatic rings. The van der Waals surface area contributed by atoms with Crippen LogP contribution in [0.4, 0.5) is 19.1 Å². The minimum absolute atomic E-state index is 0.284. The number of benzene rings is 1. The van der Waals surface area contributed by atoms with Gasteiger partial charge in [-0.25, -0.2) is 0 Å². The van der Waals surface area contributed by atoms with Crippen LogP contribution in [0.3, 0.4) is 0 Å². The lowest BCUT2D eigenvalue weighted by Crippen LogP contribution is -2.17. The third-order valence-electron chi connectivity index (χ3n) is 1.37. The Hall–Kier alpha value is -0.740. The molecule has 12 heavy (non-hydrogen) atoms. The Morgan fingerprint density at radius 3 is 2.25 bits per heavy atom. The molecular weight excluding hydrogens is 191 g/mol. The van der Waals surface area contributed by atoms with Gasteiger partial charge < -0.3 is 0 Å². The van der Waals surface area contributed by atoms with Crippen molar-refractivity contribution in [1.29, 1.82) is 0 Å². The van der Waals surface area contributed by atoms with E-state index in [0.29, 0.717) is 5.56 Å². The van der Waals surface area contributed by atoms with E-state index in [4.69, 9.17) is 11.6 Å². The highest BCUT2D eigenvalue weighted by Gasteiger charge is 2.38. The van der Waals surface area contributed by atoms with E-state index in [2.05, 4.69) is 0 Å². The highest BCUT2D eigenvalue weighted by Crippen LogP contribution is 2.34. The van der Waals surface area contributed by atoms with Crippen LogP contribution in [-0.2, 0) is 0 Å². The lowest BCUT2D eigenvalue weighted by atomic mass is 10.2. The molecule has 1 rings (SSSR count). The van der Waals surface area contributed by atoms with Crippen LogP contribution < -0.4 is 5.15 Å². The van der Waals surface area contributed by atoms with Gasteiger partial charge in [0.2, 0.25) is 0 Å². The van der Waals surface area contributed by atoms with Gasteiger partial charge in [-0.2, -0.15) is 0 Å². The predicted octanol–water partition coefficient (Wildman–Crippen LogP) is 3.61. The minimum atomic E-state index is -3.74. The summed E-state index contributed by atoms with van der Waals surface area (Å²) in [4.78, 5) is 0. The third-order valence-corrected chi connectivity index (χ3v) is 1.69. The van der Waals surface area contributed by atoms with Crippen LogP contribution in [0, 0.1) is 6.92 Å². The van der Waals surface area contributed by atoms with Crippen LogP contribution in [0.5, 0.6) is 0 Å². The van der Waals surface area contributed by atoms with Crippen LogP contribution in [0.25, 0.3) is 0 Å². The average Bonchev–Trinajstić information content (AvgIpc) is 1.92. The first-order valence-corrected chi connectivity index (χ1v) is 3.54. The van der Waals surface area contributed by atoms with Crippen molar-refractivity contribution in [3.8, 4) is 0 Å². The van der Waals surface area contributed by atoms with Crippen molar-refractivity contribution in [1.82, 2.24) is 5.15 Å². The molecule has 0 aromatic heterocycles. The molecular formula is C7H6ClF3N+. The van der Waals surface area contributed by atoms with E-state index in [-0.39, 0.29) is 5.02 Å². The summed E-state index contributed by atoms with van der Waals surface area (Å²) in [7, 11) is 0. The van der Waals surface area contributed by atoms with Crippen molar-refractivity contribution in [2.75, 3.05) is 0 Å². The molecule has 0 fully saturated rings. The smallest absolute Gasteiger partial charge is 0.0773 e. The number of quaternary nitrogens is 1. The average molecular weight is 197 g/mol. The minimum Gasteiger partial charge on any atom is -0.0773 e. The Kier molecular flexibility index (Phi) is 2.30. The van der Waals surface area contributed by atoms with Gasteiger partial charge in [-0.1, -0.05) is 17.7 Å². The van der Waals surface area contributed by atoms with Gasteiger partial charge in [0.05, 0.1) is 13.4 Å². The summed E-state index contributed by atoms with van der Waals surface area (Å²) in [6, 6.07) is 3.77. The second-order valence-corrected chi connectivity index (χ2v) is 2.81. The predicted molar refractivity (Wildman–Crippen MR) is 41.3 cm³/mol. The fraction of sp³-hybridized carbons (Fsp3) is 0.143. The van der Waals surface area contributed by atoms with Crippen molar-refractivity contribution in [2.45, 2.75) is 6.92 Å². The number of hydrogen-bond donors (Lipinski definition) is 0. The summed E-state index contributed by atoms with van der Waals surface area (Å²) in [6.45, 7) is 1.58. The lowest BCUT2D eigenvalue weighted by Gasteiger charge is -2.02. The largest absolute Gasteiger partial charge is 0.280 e. The molecule has 0 bridgehead atoms. The number of halogens is 4. The standard InChI is InChI=1S/C7H6ClF3N/c1-5-2-3-6(8)7(4-5)12(9,10)11/h2-4H,1H3/q+1. The van der Waals surface area contributed by atoms with E-state index >= 15 is 0 Å². The van der Waals surface area contributed by atoms with Crippen LogP contribution >= 0.6 is 11.6 Å². The molecule has 66 valence electrons. The number of nitrogens with zero attached hydrogens (tertiary/aromatic N) is 1. The summed E-state index contributed by atoms with van der Waals surface area (Å²) in [5, 5.41) is -4.02. The van der Waals surface area contributed by atoms with Gasteiger partial charge in [-0.15, -0.1) is 0 Å². The second-order valence-electron chi connectivity index (χ2n) is 2.40. The van der Waals surface area contributed by atoms with Crippen LogP contribution in [0.2, 0.25) is 5.02 Å².